The van der Waals surface area contributed by atoms with Crippen molar-refractivity contribution in [3.05, 3.63) is 66.0 Å². The summed E-state index contributed by atoms with van der Waals surface area (Å²) in [5, 5.41) is 11.3. The Morgan fingerprint density at radius 3 is 2.67 bits per heavy atom. The van der Waals surface area contributed by atoms with Gasteiger partial charge in [-0.2, -0.15) is 0 Å². The van der Waals surface area contributed by atoms with Crippen LogP contribution in [-0.2, 0) is 0 Å². The van der Waals surface area contributed by atoms with Crippen molar-refractivity contribution >= 4 is 27.6 Å². The molecule has 0 saturated heterocycles. The van der Waals surface area contributed by atoms with Crippen LogP contribution in [0.3, 0.4) is 0 Å². The number of rotatable bonds is 2. The molecule has 0 amide bonds. The summed E-state index contributed by atoms with van der Waals surface area (Å²) < 4.78 is 0. The van der Waals surface area contributed by atoms with Gasteiger partial charge in [-0.1, -0.05) is 0 Å². The lowest BCUT2D eigenvalue weighted by atomic mass is 10.1. The molecule has 4 aromatic rings. The van der Waals surface area contributed by atoms with Crippen LogP contribution in [0.25, 0.3) is 21.8 Å². The van der Waals surface area contributed by atoms with Gasteiger partial charge in [-0.05, 0) is 48.5 Å². The van der Waals surface area contributed by atoms with Crippen LogP contribution >= 0.6 is 0 Å². The lowest BCUT2D eigenvalue weighted by molar-refractivity contribution is 0.103. The maximum Gasteiger partial charge on any atom is 0.209 e. The molecule has 0 saturated carbocycles. The Labute approximate surface area is 120 Å². The molecular weight excluding hydrogens is 264 g/mol. The lowest BCUT2D eigenvalue weighted by Gasteiger charge is -1.99. The number of ketones is 1. The van der Waals surface area contributed by atoms with Gasteiger partial charge in [-0.3, -0.25) is 4.79 Å². The van der Waals surface area contributed by atoms with Crippen molar-refractivity contribution in [3.8, 4) is 5.75 Å². The molecule has 21 heavy (non-hydrogen) atoms. The van der Waals surface area contributed by atoms with Gasteiger partial charge in [0, 0.05) is 33.6 Å². The van der Waals surface area contributed by atoms with Crippen LogP contribution in [0.2, 0.25) is 0 Å². The van der Waals surface area contributed by atoms with Gasteiger partial charge in [0.05, 0.1) is 5.69 Å². The highest BCUT2D eigenvalue weighted by atomic mass is 16.3. The third-order valence-corrected chi connectivity index (χ3v) is 3.66. The highest BCUT2D eigenvalue weighted by Crippen LogP contribution is 2.23. The van der Waals surface area contributed by atoms with Gasteiger partial charge in [-0.15, -0.1) is 0 Å². The number of nitrogens with one attached hydrogen (secondary N) is 2. The Balaban J connectivity index is 1.81. The molecule has 0 unspecified atom stereocenters. The predicted octanol–water partition coefficient (Wildman–Crippen LogP) is 3.59. The van der Waals surface area contributed by atoms with Crippen molar-refractivity contribution in [1.82, 2.24) is 9.97 Å². The van der Waals surface area contributed by atoms with Crippen LogP contribution in [0.15, 0.2) is 54.7 Å². The second-order valence-corrected chi connectivity index (χ2v) is 5.06. The van der Waals surface area contributed by atoms with E-state index in [0.717, 1.165) is 21.8 Å². The molecule has 0 aliphatic rings. The monoisotopic (exact) mass is 276 g/mol. The summed E-state index contributed by atoms with van der Waals surface area (Å²) >= 11 is 0. The number of H-pyrrole nitrogens is 2. The molecule has 102 valence electrons. The van der Waals surface area contributed by atoms with Crippen molar-refractivity contribution in [2.24, 2.45) is 0 Å². The van der Waals surface area contributed by atoms with E-state index < -0.39 is 0 Å². The Morgan fingerprint density at radius 1 is 0.905 bits per heavy atom. The zero-order chi connectivity index (χ0) is 14.4. The highest BCUT2D eigenvalue weighted by Gasteiger charge is 2.13. The third-order valence-electron chi connectivity index (χ3n) is 3.66. The van der Waals surface area contributed by atoms with Gasteiger partial charge in [0.1, 0.15) is 5.75 Å². The zero-order valence-electron chi connectivity index (χ0n) is 11.1. The second-order valence-electron chi connectivity index (χ2n) is 5.06. The number of hydrogen-bond donors (Lipinski definition) is 3. The van der Waals surface area contributed by atoms with E-state index >= 15 is 0 Å². The Kier molecular flexibility index (Phi) is 2.38. The zero-order valence-corrected chi connectivity index (χ0v) is 11.1. The van der Waals surface area contributed by atoms with Crippen molar-refractivity contribution in [3.63, 3.8) is 0 Å². The van der Waals surface area contributed by atoms with E-state index in [1.54, 1.807) is 24.3 Å². The molecule has 4 rings (SSSR count). The van der Waals surface area contributed by atoms with Gasteiger partial charge in [-0.25, -0.2) is 0 Å². The maximum absolute atomic E-state index is 12.6. The van der Waals surface area contributed by atoms with Gasteiger partial charge in [0.15, 0.2) is 0 Å². The molecule has 0 aliphatic carbocycles. The summed E-state index contributed by atoms with van der Waals surface area (Å²) in [4.78, 5) is 18.8. The fourth-order valence-electron chi connectivity index (χ4n) is 2.59. The van der Waals surface area contributed by atoms with Crippen molar-refractivity contribution in [1.29, 1.82) is 0 Å². The predicted molar refractivity (Wildman–Crippen MR) is 81.7 cm³/mol. The first-order chi connectivity index (χ1) is 10.2. The molecule has 2 aromatic carbocycles. The maximum atomic E-state index is 12.6. The first kappa shape index (κ1) is 11.8. The summed E-state index contributed by atoms with van der Waals surface area (Å²) in [6.07, 6.45) is 1.85. The summed E-state index contributed by atoms with van der Waals surface area (Å²) in [6.45, 7) is 0. The van der Waals surface area contributed by atoms with Crippen LogP contribution in [0.4, 0.5) is 0 Å². The number of aromatic nitrogens is 2. The molecule has 2 heterocycles. The minimum atomic E-state index is -0.0613. The number of aromatic hydroxyl groups is 1. The number of carbonyl (C=O) groups excluding carboxylic acids is 1. The van der Waals surface area contributed by atoms with Crippen LogP contribution < -0.4 is 0 Å². The number of hydrogen-bond acceptors (Lipinski definition) is 2. The van der Waals surface area contributed by atoms with Crippen LogP contribution in [0, 0.1) is 0 Å². The summed E-state index contributed by atoms with van der Waals surface area (Å²) in [5.41, 5.74) is 3.00. The minimum absolute atomic E-state index is 0.0613. The molecule has 2 aromatic heterocycles. The smallest absolute Gasteiger partial charge is 0.209 e. The highest BCUT2D eigenvalue weighted by molar-refractivity contribution is 6.11. The average Bonchev–Trinajstić information content (AvgIpc) is 3.11. The molecule has 4 heteroatoms. The van der Waals surface area contributed by atoms with E-state index in [1.165, 1.54) is 0 Å². The van der Waals surface area contributed by atoms with E-state index in [1.807, 2.05) is 30.5 Å². The minimum Gasteiger partial charge on any atom is -0.508 e. The molecule has 3 N–H and O–H groups in total. The van der Waals surface area contributed by atoms with Crippen molar-refractivity contribution < 1.29 is 9.90 Å². The number of aromatic amines is 2. The van der Waals surface area contributed by atoms with E-state index in [2.05, 4.69) is 9.97 Å². The van der Waals surface area contributed by atoms with Gasteiger partial charge in [0.25, 0.3) is 0 Å². The number of fused-ring (bicyclic) bond motifs is 2. The summed E-state index contributed by atoms with van der Waals surface area (Å²) in [6, 6.07) is 14.3. The second kappa shape index (κ2) is 4.24. The van der Waals surface area contributed by atoms with E-state index in [9.17, 15) is 9.90 Å². The van der Waals surface area contributed by atoms with E-state index in [4.69, 9.17) is 0 Å². The van der Waals surface area contributed by atoms with Gasteiger partial charge in [0.2, 0.25) is 5.78 Å². The number of phenols is 1. The number of carbonyl (C=O) groups is 1. The first-order valence-corrected chi connectivity index (χ1v) is 6.64. The first-order valence-electron chi connectivity index (χ1n) is 6.64. The summed E-state index contributed by atoms with van der Waals surface area (Å²) in [7, 11) is 0. The molecule has 0 atom stereocenters. The standard InChI is InChI=1S/C17H12N2O2/c20-13-2-4-15-12(8-13)9-16(19-15)17(21)11-1-3-14-10(7-11)5-6-18-14/h1-9,18-20H. The SMILES string of the molecule is O=C(c1ccc2[nH]ccc2c1)c1cc2cc(O)ccc2[nH]1. The average molecular weight is 276 g/mol. The molecule has 0 bridgehead atoms. The summed E-state index contributed by atoms with van der Waals surface area (Å²) in [5.74, 6) is 0.128. The van der Waals surface area contributed by atoms with Crippen molar-refractivity contribution in [2.75, 3.05) is 0 Å². The fourth-order valence-corrected chi connectivity index (χ4v) is 2.59. The van der Waals surface area contributed by atoms with Gasteiger partial charge >= 0.3 is 0 Å². The molecule has 0 spiro atoms. The largest absolute Gasteiger partial charge is 0.508 e. The number of benzene rings is 2. The normalized spacial score (nSPS) is 11.2. The Morgan fingerprint density at radius 2 is 1.76 bits per heavy atom. The van der Waals surface area contributed by atoms with Crippen molar-refractivity contribution in [2.45, 2.75) is 0 Å². The van der Waals surface area contributed by atoms with Crippen LogP contribution in [0.5, 0.6) is 5.75 Å². The molecule has 0 aliphatic heterocycles. The van der Waals surface area contributed by atoms with E-state index in [-0.39, 0.29) is 11.5 Å². The fraction of sp³-hybridized carbons (Fsp3) is 0. The van der Waals surface area contributed by atoms with Crippen LogP contribution in [-0.4, -0.2) is 20.9 Å². The lowest BCUT2D eigenvalue weighted by Crippen LogP contribution is -2.01. The Hall–Kier alpha value is -3.01. The van der Waals surface area contributed by atoms with Crippen LogP contribution in [0.1, 0.15) is 16.1 Å². The number of phenolic OH excluding ortho intramolecular Hbond substituents is 1. The molecule has 0 radical (unpaired) electrons. The molecular formula is C17H12N2O2. The molecule has 4 nitrogen and oxygen atoms in total. The quantitative estimate of drug-likeness (QED) is 0.490. The Bertz CT molecular complexity index is 979. The van der Waals surface area contributed by atoms with E-state index in [0.29, 0.717) is 11.3 Å². The van der Waals surface area contributed by atoms with Gasteiger partial charge < -0.3 is 15.1 Å². The topological polar surface area (TPSA) is 68.9 Å². The molecule has 0 fully saturated rings. The third kappa shape index (κ3) is 1.89.